The number of phenols is 1. The molecule has 1 aromatic carbocycles. The summed E-state index contributed by atoms with van der Waals surface area (Å²) < 4.78 is 0. The Kier molecular flexibility index (Phi) is 3.57. The monoisotopic (exact) mass is 337 g/mol. The van der Waals surface area contributed by atoms with Gasteiger partial charge in [0.2, 0.25) is 0 Å². The Morgan fingerprint density at radius 2 is 2.16 bits per heavy atom. The van der Waals surface area contributed by atoms with Crippen LogP contribution < -0.4 is 0 Å². The molecule has 1 aromatic rings. The fraction of sp³-hybridized carbons (Fsp3) is 0.652. The Labute approximate surface area is 151 Å². The second kappa shape index (κ2) is 5.61. The quantitative estimate of drug-likeness (QED) is 0.793. The molecule has 0 aromatic heterocycles. The topological polar surface area (TPSA) is 23.5 Å². The second-order valence-electron chi connectivity index (χ2n) is 9.40. The molecule has 25 heavy (non-hydrogen) atoms. The predicted octanol–water partition coefficient (Wildman–Crippen LogP) is 4.66. The summed E-state index contributed by atoms with van der Waals surface area (Å²) in [4.78, 5) is 2.85. The molecule has 0 spiro atoms. The summed E-state index contributed by atoms with van der Waals surface area (Å²) in [6, 6.07) is 6.87. The molecule has 134 valence electrons. The number of phenolic OH excluding ortho intramolecular Hbond substituents is 1. The largest absolute Gasteiger partial charge is 0.508 e. The maximum atomic E-state index is 10.1. The SMILES string of the molecule is C=C1CC[C@H]2[C@H]3Cc4ccc(O)cc4[C@@]2(CCN3CC2CCC2C)C1. The predicted molar refractivity (Wildman–Crippen MR) is 102 cm³/mol. The molecule has 0 amide bonds. The molecule has 3 aliphatic carbocycles. The summed E-state index contributed by atoms with van der Waals surface area (Å²) in [7, 11) is 0. The fourth-order valence-electron chi connectivity index (χ4n) is 6.57. The number of hydrogen-bond donors (Lipinski definition) is 1. The summed E-state index contributed by atoms with van der Waals surface area (Å²) in [6.45, 7) is 9.34. The smallest absolute Gasteiger partial charge is 0.115 e. The van der Waals surface area contributed by atoms with Crippen LogP contribution >= 0.6 is 0 Å². The number of rotatable bonds is 2. The third-order valence-corrected chi connectivity index (χ3v) is 8.19. The molecule has 4 aliphatic rings. The van der Waals surface area contributed by atoms with Crippen molar-refractivity contribution in [2.24, 2.45) is 17.8 Å². The highest BCUT2D eigenvalue weighted by Crippen LogP contribution is 2.57. The van der Waals surface area contributed by atoms with Crippen LogP contribution in [0.5, 0.6) is 5.75 Å². The zero-order valence-corrected chi connectivity index (χ0v) is 15.5. The van der Waals surface area contributed by atoms with Crippen molar-refractivity contribution >= 4 is 0 Å². The number of piperidine rings is 1. The van der Waals surface area contributed by atoms with E-state index in [4.69, 9.17) is 0 Å². The third kappa shape index (κ3) is 2.33. The van der Waals surface area contributed by atoms with E-state index in [9.17, 15) is 5.11 Å². The van der Waals surface area contributed by atoms with Crippen molar-refractivity contribution in [2.45, 2.75) is 63.3 Å². The first kappa shape index (κ1) is 15.9. The van der Waals surface area contributed by atoms with Gasteiger partial charge in [-0.3, -0.25) is 4.90 Å². The molecule has 5 atom stereocenters. The molecular weight excluding hydrogens is 306 g/mol. The number of benzene rings is 1. The van der Waals surface area contributed by atoms with Crippen molar-refractivity contribution in [3.8, 4) is 5.75 Å². The summed E-state index contributed by atoms with van der Waals surface area (Å²) in [6.07, 6.45) is 8.90. The van der Waals surface area contributed by atoms with Crippen LogP contribution in [0.2, 0.25) is 0 Å². The van der Waals surface area contributed by atoms with Gasteiger partial charge in [-0.1, -0.05) is 31.6 Å². The van der Waals surface area contributed by atoms with Crippen LogP contribution in [-0.2, 0) is 11.8 Å². The van der Waals surface area contributed by atoms with Gasteiger partial charge in [0.15, 0.2) is 0 Å². The minimum Gasteiger partial charge on any atom is -0.508 e. The molecule has 2 saturated carbocycles. The summed E-state index contributed by atoms with van der Waals surface area (Å²) in [5.41, 5.74) is 4.60. The minimum absolute atomic E-state index is 0.244. The van der Waals surface area contributed by atoms with E-state index in [0.717, 1.165) is 24.2 Å². The van der Waals surface area contributed by atoms with Gasteiger partial charge in [0.25, 0.3) is 0 Å². The highest BCUT2D eigenvalue weighted by atomic mass is 16.3. The molecule has 1 heterocycles. The summed E-state index contributed by atoms with van der Waals surface area (Å²) >= 11 is 0. The Morgan fingerprint density at radius 1 is 1.28 bits per heavy atom. The minimum atomic E-state index is 0.244. The third-order valence-electron chi connectivity index (χ3n) is 8.19. The van der Waals surface area contributed by atoms with E-state index in [0.29, 0.717) is 11.8 Å². The van der Waals surface area contributed by atoms with Crippen molar-refractivity contribution < 1.29 is 5.11 Å². The van der Waals surface area contributed by atoms with Crippen LogP contribution in [0.25, 0.3) is 0 Å². The molecule has 1 N–H and O–H groups in total. The highest BCUT2D eigenvalue weighted by molar-refractivity contribution is 5.46. The number of aromatic hydroxyl groups is 1. The lowest BCUT2D eigenvalue weighted by Crippen LogP contribution is -2.62. The van der Waals surface area contributed by atoms with Gasteiger partial charge >= 0.3 is 0 Å². The number of likely N-dealkylation sites (tertiary alicyclic amines) is 1. The molecule has 0 radical (unpaired) electrons. The Hall–Kier alpha value is -1.28. The Bertz CT molecular complexity index is 710. The van der Waals surface area contributed by atoms with Gasteiger partial charge in [-0.25, -0.2) is 0 Å². The average molecular weight is 338 g/mol. The van der Waals surface area contributed by atoms with Gasteiger partial charge in [0.1, 0.15) is 5.75 Å². The standard InChI is InChI=1S/C23H31NO/c1-15-3-8-20-22-11-17-6-7-19(25)12-21(17)23(20,13-15)9-10-24(22)14-18-5-4-16(18)2/h6-7,12,16,18,20,22,25H,1,3-5,8-11,13-14H2,2H3/t16?,18?,20-,22+,23-/m0/s1. The first-order valence-electron chi connectivity index (χ1n) is 10.3. The van der Waals surface area contributed by atoms with Crippen LogP contribution in [0, 0.1) is 17.8 Å². The maximum Gasteiger partial charge on any atom is 0.115 e. The van der Waals surface area contributed by atoms with Crippen LogP contribution in [0.4, 0.5) is 0 Å². The van der Waals surface area contributed by atoms with Gasteiger partial charge in [-0.15, -0.1) is 0 Å². The van der Waals surface area contributed by atoms with Crippen molar-refractivity contribution in [3.63, 3.8) is 0 Å². The lowest BCUT2D eigenvalue weighted by atomic mass is 9.51. The van der Waals surface area contributed by atoms with E-state index in [-0.39, 0.29) is 5.41 Å². The second-order valence-corrected chi connectivity index (χ2v) is 9.40. The molecule has 3 fully saturated rings. The first-order valence-corrected chi connectivity index (χ1v) is 10.3. The van der Waals surface area contributed by atoms with Crippen molar-refractivity contribution in [1.29, 1.82) is 0 Å². The molecule has 2 heteroatoms. The van der Waals surface area contributed by atoms with E-state index in [1.54, 1.807) is 0 Å². The molecule has 1 aliphatic heterocycles. The number of allylic oxidation sites excluding steroid dienone is 1. The van der Waals surface area contributed by atoms with Gasteiger partial charge in [-0.05, 0) is 86.1 Å². The van der Waals surface area contributed by atoms with E-state index < -0.39 is 0 Å². The zero-order chi connectivity index (χ0) is 17.2. The van der Waals surface area contributed by atoms with Gasteiger partial charge in [0, 0.05) is 18.0 Å². The van der Waals surface area contributed by atoms with E-state index in [1.807, 2.05) is 6.07 Å². The van der Waals surface area contributed by atoms with Crippen LogP contribution in [-0.4, -0.2) is 29.1 Å². The van der Waals surface area contributed by atoms with E-state index >= 15 is 0 Å². The lowest BCUT2D eigenvalue weighted by Gasteiger charge is -2.60. The molecule has 1 saturated heterocycles. The lowest BCUT2D eigenvalue weighted by molar-refractivity contribution is -0.0227. The molecule has 5 rings (SSSR count). The number of fused-ring (bicyclic) bond motifs is 1. The van der Waals surface area contributed by atoms with Crippen molar-refractivity contribution in [2.75, 3.05) is 13.1 Å². The van der Waals surface area contributed by atoms with Crippen LogP contribution in [0.15, 0.2) is 30.4 Å². The Balaban J connectivity index is 1.53. The van der Waals surface area contributed by atoms with Gasteiger partial charge in [0.05, 0.1) is 0 Å². The maximum absolute atomic E-state index is 10.1. The highest BCUT2D eigenvalue weighted by Gasteiger charge is 2.54. The first-order chi connectivity index (χ1) is 12.1. The van der Waals surface area contributed by atoms with Crippen LogP contribution in [0.3, 0.4) is 0 Å². The van der Waals surface area contributed by atoms with E-state index in [2.05, 4.69) is 30.5 Å². The average Bonchev–Trinajstić information content (AvgIpc) is 2.60. The van der Waals surface area contributed by atoms with Crippen molar-refractivity contribution in [1.82, 2.24) is 4.90 Å². The molecule has 2 bridgehead atoms. The number of hydrogen-bond acceptors (Lipinski definition) is 2. The van der Waals surface area contributed by atoms with Crippen molar-refractivity contribution in [3.05, 3.63) is 41.5 Å². The molecule has 2 nitrogen and oxygen atoms in total. The van der Waals surface area contributed by atoms with E-state index in [1.165, 1.54) is 68.3 Å². The normalized spacial score (nSPS) is 40.1. The fourth-order valence-corrected chi connectivity index (χ4v) is 6.57. The Morgan fingerprint density at radius 3 is 2.92 bits per heavy atom. The zero-order valence-electron chi connectivity index (χ0n) is 15.5. The van der Waals surface area contributed by atoms with Crippen LogP contribution in [0.1, 0.15) is 56.6 Å². The summed E-state index contributed by atoms with van der Waals surface area (Å²) in [5.74, 6) is 3.03. The van der Waals surface area contributed by atoms with Gasteiger partial charge in [-0.2, -0.15) is 0 Å². The number of nitrogens with zero attached hydrogens (tertiary/aromatic N) is 1. The van der Waals surface area contributed by atoms with Gasteiger partial charge < -0.3 is 5.11 Å². The molecular formula is C23H31NO. The summed E-state index contributed by atoms with van der Waals surface area (Å²) in [5, 5.41) is 10.1. The molecule has 2 unspecified atom stereocenters.